The maximum Gasteiger partial charge on any atom is 0.372 e. The van der Waals surface area contributed by atoms with Crippen LogP contribution in [0.15, 0.2) is 40.8 Å². The van der Waals surface area contributed by atoms with E-state index >= 15 is 0 Å². The summed E-state index contributed by atoms with van der Waals surface area (Å²) in [6, 6.07) is 11.6. The predicted molar refractivity (Wildman–Crippen MR) is 69.0 cm³/mol. The van der Waals surface area contributed by atoms with Crippen molar-refractivity contribution < 1.29 is 14.3 Å². The second-order valence-electron chi connectivity index (χ2n) is 4.22. The van der Waals surface area contributed by atoms with Crippen molar-refractivity contribution in [1.82, 2.24) is 0 Å². The number of hydrogen-bond donors (Lipinski definition) is 1. The first-order valence-electron chi connectivity index (χ1n) is 5.66. The molecule has 0 aliphatic rings. The van der Waals surface area contributed by atoms with Gasteiger partial charge in [-0.05, 0) is 25.1 Å². The number of rotatable bonds is 4. The van der Waals surface area contributed by atoms with Crippen LogP contribution >= 0.6 is 0 Å². The van der Waals surface area contributed by atoms with Crippen LogP contribution in [0.4, 0.5) is 5.69 Å². The van der Waals surface area contributed by atoms with Crippen LogP contribution in [0.2, 0.25) is 0 Å². The third-order valence-electron chi connectivity index (χ3n) is 2.75. The molecule has 18 heavy (non-hydrogen) atoms. The van der Waals surface area contributed by atoms with E-state index in [1.165, 1.54) is 0 Å². The topological polar surface area (TPSA) is 53.7 Å². The Morgan fingerprint density at radius 1 is 1.33 bits per heavy atom. The lowest BCUT2D eigenvalue weighted by atomic mass is 10.2. The number of anilines is 1. The maximum absolute atomic E-state index is 10.9. The van der Waals surface area contributed by atoms with Crippen molar-refractivity contribution in [3.63, 3.8) is 0 Å². The minimum Gasteiger partial charge on any atom is -0.475 e. The van der Waals surface area contributed by atoms with Gasteiger partial charge in [0, 0.05) is 18.3 Å². The number of carboxylic acids is 1. The van der Waals surface area contributed by atoms with Crippen LogP contribution in [0.3, 0.4) is 0 Å². The van der Waals surface area contributed by atoms with Gasteiger partial charge in [0.15, 0.2) is 0 Å². The maximum atomic E-state index is 10.9. The van der Waals surface area contributed by atoms with Gasteiger partial charge in [0.1, 0.15) is 5.76 Å². The fourth-order valence-corrected chi connectivity index (χ4v) is 1.85. The standard InChI is InChI=1S/C14H15NO3/c1-10-8-12(18-13(10)14(16)17)9-15(2)11-6-4-3-5-7-11/h3-8H,9H2,1-2H3,(H,16,17). The van der Waals surface area contributed by atoms with Gasteiger partial charge in [-0.2, -0.15) is 0 Å². The van der Waals surface area contributed by atoms with Gasteiger partial charge < -0.3 is 14.4 Å². The van der Waals surface area contributed by atoms with E-state index in [0.29, 0.717) is 17.9 Å². The van der Waals surface area contributed by atoms with Gasteiger partial charge in [-0.1, -0.05) is 18.2 Å². The lowest BCUT2D eigenvalue weighted by molar-refractivity contribution is 0.0659. The van der Waals surface area contributed by atoms with Gasteiger partial charge in [-0.25, -0.2) is 4.79 Å². The molecular weight excluding hydrogens is 230 g/mol. The average Bonchev–Trinajstić information content (AvgIpc) is 2.71. The van der Waals surface area contributed by atoms with Gasteiger partial charge >= 0.3 is 5.97 Å². The van der Waals surface area contributed by atoms with E-state index in [1.54, 1.807) is 13.0 Å². The van der Waals surface area contributed by atoms with Crippen LogP contribution in [-0.2, 0) is 6.54 Å². The summed E-state index contributed by atoms with van der Waals surface area (Å²) in [6.07, 6.45) is 0. The molecule has 2 aromatic rings. The number of nitrogens with zero attached hydrogens (tertiary/aromatic N) is 1. The van der Waals surface area contributed by atoms with E-state index in [4.69, 9.17) is 9.52 Å². The number of hydrogen-bond acceptors (Lipinski definition) is 3. The normalized spacial score (nSPS) is 10.3. The molecule has 0 aliphatic carbocycles. The van der Waals surface area contributed by atoms with Crippen LogP contribution in [0.1, 0.15) is 21.9 Å². The van der Waals surface area contributed by atoms with Gasteiger partial charge in [-0.15, -0.1) is 0 Å². The number of aromatic carboxylic acids is 1. The highest BCUT2D eigenvalue weighted by Gasteiger charge is 2.15. The molecule has 0 saturated carbocycles. The average molecular weight is 245 g/mol. The fraction of sp³-hybridized carbons (Fsp3) is 0.214. The zero-order valence-electron chi connectivity index (χ0n) is 10.4. The summed E-state index contributed by atoms with van der Waals surface area (Å²) in [6.45, 7) is 2.27. The molecule has 94 valence electrons. The zero-order valence-corrected chi connectivity index (χ0v) is 10.4. The van der Waals surface area contributed by atoms with Crippen molar-refractivity contribution >= 4 is 11.7 Å². The Hall–Kier alpha value is -2.23. The van der Waals surface area contributed by atoms with Crippen molar-refractivity contribution in [2.75, 3.05) is 11.9 Å². The van der Waals surface area contributed by atoms with Crippen molar-refractivity contribution in [3.05, 3.63) is 53.5 Å². The minimum atomic E-state index is -1.03. The third-order valence-corrected chi connectivity index (χ3v) is 2.75. The Morgan fingerprint density at radius 2 is 2.00 bits per heavy atom. The van der Waals surface area contributed by atoms with Gasteiger partial charge in [0.25, 0.3) is 0 Å². The molecule has 0 bridgehead atoms. The van der Waals surface area contributed by atoms with Crippen molar-refractivity contribution in [1.29, 1.82) is 0 Å². The Labute approximate surface area is 105 Å². The molecule has 0 unspecified atom stereocenters. The van der Waals surface area contributed by atoms with Gasteiger partial charge in [0.05, 0.1) is 6.54 Å². The summed E-state index contributed by atoms with van der Waals surface area (Å²) in [5.74, 6) is -0.358. The monoisotopic (exact) mass is 245 g/mol. The van der Waals surface area contributed by atoms with Crippen LogP contribution in [-0.4, -0.2) is 18.1 Å². The zero-order chi connectivity index (χ0) is 13.1. The molecule has 0 aliphatic heterocycles. The Balaban J connectivity index is 2.15. The van der Waals surface area contributed by atoms with Crippen molar-refractivity contribution in [3.8, 4) is 0 Å². The quantitative estimate of drug-likeness (QED) is 0.899. The van der Waals surface area contributed by atoms with Crippen LogP contribution < -0.4 is 4.90 Å². The lowest BCUT2D eigenvalue weighted by Crippen LogP contribution is -2.15. The minimum absolute atomic E-state index is 0.0199. The Bertz CT molecular complexity index is 545. The first-order chi connectivity index (χ1) is 8.58. The highest BCUT2D eigenvalue weighted by Crippen LogP contribution is 2.19. The van der Waals surface area contributed by atoms with Gasteiger partial charge in [-0.3, -0.25) is 0 Å². The summed E-state index contributed by atoms with van der Waals surface area (Å²) in [7, 11) is 1.94. The summed E-state index contributed by atoms with van der Waals surface area (Å²) < 4.78 is 5.33. The number of carbonyl (C=O) groups is 1. The van der Waals surface area contributed by atoms with Crippen molar-refractivity contribution in [2.24, 2.45) is 0 Å². The van der Waals surface area contributed by atoms with E-state index in [-0.39, 0.29) is 5.76 Å². The molecule has 0 amide bonds. The predicted octanol–water partition coefficient (Wildman–Crippen LogP) is 2.92. The second-order valence-corrected chi connectivity index (χ2v) is 4.22. The molecule has 1 aromatic heterocycles. The summed E-state index contributed by atoms with van der Waals surface area (Å²) in [5, 5.41) is 8.92. The van der Waals surface area contributed by atoms with Crippen molar-refractivity contribution in [2.45, 2.75) is 13.5 Å². The van der Waals surface area contributed by atoms with E-state index < -0.39 is 5.97 Å². The molecule has 1 heterocycles. The van der Waals surface area contributed by atoms with Gasteiger partial charge in [0.2, 0.25) is 5.76 Å². The molecule has 4 nitrogen and oxygen atoms in total. The molecule has 1 N–H and O–H groups in total. The summed E-state index contributed by atoms with van der Waals surface area (Å²) in [5.41, 5.74) is 1.71. The van der Waals surface area contributed by atoms with E-state index in [1.807, 2.05) is 42.3 Å². The Morgan fingerprint density at radius 3 is 2.56 bits per heavy atom. The second kappa shape index (κ2) is 4.96. The highest BCUT2D eigenvalue weighted by molar-refractivity contribution is 5.86. The molecule has 0 radical (unpaired) electrons. The number of aryl methyl sites for hydroxylation is 1. The van der Waals surface area contributed by atoms with E-state index in [0.717, 1.165) is 5.69 Å². The molecule has 4 heteroatoms. The molecule has 0 atom stereocenters. The first kappa shape index (κ1) is 12.2. The number of furan rings is 1. The molecule has 0 spiro atoms. The molecule has 2 rings (SSSR count). The number of carboxylic acid groups (broad SMARTS) is 1. The number of para-hydroxylation sites is 1. The first-order valence-corrected chi connectivity index (χ1v) is 5.66. The fourth-order valence-electron chi connectivity index (χ4n) is 1.85. The van der Waals surface area contributed by atoms with Crippen LogP contribution in [0.25, 0.3) is 0 Å². The lowest BCUT2D eigenvalue weighted by Gasteiger charge is -2.17. The molecule has 0 saturated heterocycles. The largest absolute Gasteiger partial charge is 0.475 e. The summed E-state index contributed by atoms with van der Waals surface area (Å²) >= 11 is 0. The van der Waals surface area contributed by atoms with Crippen LogP contribution in [0, 0.1) is 6.92 Å². The summed E-state index contributed by atoms with van der Waals surface area (Å²) in [4.78, 5) is 12.9. The van der Waals surface area contributed by atoms with Crippen LogP contribution in [0.5, 0.6) is 0 Å². The molecule has 1 aromatic carbocycles. The SMILES string of the molecule is Cc1cc(CN(C)c2ccccc2)oc1C(=O)O. The van der Waals surface area contributed by atoms with E-state index in [2.05, 4.69) is 0 Å². The third kappa shape index (κ3) is 2.53. The smallest absolute Gasteiger partial charge is 0.372 e. The Kier molecular flexibility index (Phi) is 3.37. The molecule has 0 fully saturated rings. The van der Waals surface area contributed by atoms with E-state index in [9.17, 15) is 4.79 Å². The number of benzene rings is 1. The molecular formula is C14H15NO3. The highest BCUT2D eigenvalue weighted by atomic mass is 16.4.